The Kier molecular flexibility index (Phi) is 3.13. The normalized spacial score (nSPS) is 10.6. The van der Waals surface area contributed by atoms with Crippen molar-refractivity contribution < 1.29 is 10.0 Å². The van der Waals surface area contributed by atoms with E-state index in [-0.39, 0.29) is 20.9 Å². The maximum absolute atomic E-state index is 11.4. The molecule has 0 radical (unpaired) electrons. The molecule has 0 aliphatic heterocycles. The number of halogens is 2. The van der Waals surface area contributed by atoms with E-state index in [9.17, 15) is 24.9 Å². The summed E-state index contributed by atoms with van der Waals surface area (Å²) in [5.41, 5.74) is -2.87. The molecule has 1 aromatic carbocycles. The van der Waals surface area contributed by atoms with Gasteiger partial charge in [-0.2, -0.15) is 0 Å². The molecule has 0 aliphatic rings. The zero-order valence-corrected chi connectivity index (χ0v) is 10.3. The molecule has 1 heterocycles. The molecule has 1 aromatic heterocycles. The Balaban J connectivity index is 3.12. The van der Waals surface area contributed by atoms with Crippen LogP contribution in [0.4, 0.5) is 11.4 Å². The van der Waals surface area contributed by atoms with Crippen LogP contribution >= 0.6 is 23.2 Å². The van der Waals surface area contributed by atoms with Gasteiger partial charge in [0.15, 0.2) is 5.75 Å². The van der Waals surface area contributed by atoms with Gasteiger partial charge in [-0.3, -0.25) is 14.9 Å². The Morgan fingerprint density at radius 1 is 1.42 bits per heavy atom. The monoisotopic (exact) mass is 303 g/mol. The summed E-state index contributed by atoms with van der Waals surface area (Å²) in [4.78, 5) is 34.0. The quantitative estimate of drug-likeness (QED) is 0.501. The summed E-state index contributed by atoms with van der Waals surface area (Å²) in [6, 6.07) is 1.09. The molecule has 0 amide bonds. The maximum atomic E-state index is 11.4. The molecule has 0 spiro atoms. The second-order valence-electron chi connectivity index (χ2n) is 3.44. The molecule has 98 valence electrons. The van der Waals surface area contributed by atoms with Gasteiger partial charge < -0.3 is 10.1 Å². The highest BCUT2D eigenvalue weighted by Crippen LogP contribution is 2.41. The molecule has 0 unspecified atom stereocenters. The van der Waals surface area contributed by atoms with Crippen LogP contribution in [-0.4, -0.2) is 15.0 Å². The van der Waals surface area contributed by atoms with Crippen LogP contribution in [0.15, 0.2) is 16.0 Å². The molecule has 2 rings (SSSR count). The first-order valence-electron chi connectivity index (χ1n) is 4.63. The number of rotatable bonds is 2. The summed E-state index contributed by atoms with van der Waals surface area (Å²) in [6.07, 6.45) is 0. The van der Waals surface area contributed by atoms with Gasteiger partial charge in [0, 0.05) is 0 Å². The van der Waals surface area contributed by atoms with E-state index in [2.05, 4.69) is 10.2 Å². The highest BCUT2D eigenvalue weighted by atomic mass is 35.5. The third-order valence-corrected chi connectivity index (χ3v) is 3.18. The minimum atomic E-state index is -1.07. The first-order valence-corrected chi connectivity index (χ1v) is 5.38. The number of benzene rings is 1. The number of nitrogens with zero attached hydrogens (tertiary/aromatic N) is 2. The minimum absolute atomic E-state index is 0.199. The molecule has 0 bridgehead atoms. The second-order valence-corrected chi connectivity index (χ2v) is 4.23. The van der Waals surface area contributed by atoms with E-state index in [4.69, 9.17) is 23.2 Å². The average Bonchev–Trinajstić information content (AvgIpc) is 2.32. The van der Waals surface area contributed by atoms with Gasteiger partial charge in [-0.25, -0.2) is 0 Å². The van der Waals surface area contributed by atoms with E-state index in [1.165, 1.54) is 0 Å². The number of nitrogens with one attached hydrogen (secondary N) is 1. The summed E-state index contributed by atoms with van der Waals surface area (Å²) in [5, 5.41) is 22.2. The molecule has 8 nitrogen and oxygen atoms in total. The van der Waals surface area contributed by atoms with Crippen molar-refractivity contribution in [3.05, 3.63) is 41.5 Å². The van der Waals surface area contributed by atoms with E-state index < -0.39 is 27.6 Å². The van der Waals surface area contributed by atoms with Crippen molar-refractivity contribution in [2.45, 2.75) is 0 Å². The summed E-state index contributed by atoms with van der Waals surface area (Å²) in [5.74, 6) is -0.796. The standard InChI is InChI=1S/C9H3Cl2N3O5/c10-3-1-2-5(7(4(3)11)14(18)19)12-9(16)6(13-17)8(2)15/h1H,(H2,12,15,16). The van der Waals surface area contributed by atoms with Gasteiger partial charge >= 0.3 is 5.69 Å². The summed E-state index contributed by atoms with van der Waals surface area (Å²) >= 11 is 11.4. The van der Waals surface area contributed by atoms with Gasteiger partial charge in [-0.05, 0) is 11.2 Å². The van der Waals surface area contributed by atoms with Crippen molar-refractivity contribution in [1.29, 1.82) is 0 Å². The molecule has 2 N–H and O–H groups in total. The van der Waals surface area contributed by atoms with Crippen molar-refractivity contribution in [3.63, 3.8) is 0 Å². The topological polar surface area (TPSA) is 126 Å². The number of hydrogen-bond acceptors (Lipinski definition) is 6. The van der Waals surface area contributed by atoms with E-state index in [1.54, 1.807) is 0 Å². The zero-order valence-electron chi connectivity index (χ0n) is 8.81. The summed E-state index contributed by atoms with van der Waals surface area (Å²) in [6.45, 7) is 0. The van der Waals surface area contributed by atoms with Crippen LogP contribution in [0.5, 0.6) is 5.75 Å². The van der Waals surface area contributed by atoms with Gasteiger partial charge in [0.1, 0.15) is 10.5 Å². The molecule has 0 fully saturated rings. The SMILES string of the molecule is O=Nc1c(O)c2cc(Cl)c(Cl)c([N+](=O)[O-])c2[nH]c1=O. The lowest BCUT2D eigenvalue weighted by molar-refractivity contribution is -0.383. The van der Waals surface area contributed by atoms with E-state index in [1.807, 2.05) is 0 Å². The Bertz CT molecular complexity index is 786. The number of H-pyrrole nitrogens is 1. The van der Waals surface area contributed by atoms with Crippen molar-refractivity contribution in [2.24, 2.45) is 5.18 Å². The van der Waals surface area contributed by atoms with Crippen molar-refractivity contribution >= 4 is 45.5 Å². The number of aromatic nitrogens is 1. The minimum Gasteiger partial charge on any atom is -0.505 e. The number of pyridine rings is 1. The van der Waals surface area contributed by atoms with Crippen molar-refractivity contribution in [1.82, 2.24) is 4.98 Å². The van der Waals surface area contributed by atoms with Gasteiger partial charge in [0.2, 0.25) is 5.69 Å². The second kappa shape index (κ2) is 4.48. The number of aromatic amines is 1. The molecule has 0 saturated heterocycles. The molecule has 0 aliphatic carbocycles. The number of nitroso groups, excluding NO2 is 1. The third kappa shape index (κ3) is 1.90. The molecular weight excluding hydrogens is 301 g/mol. The van der Waals surface area contributed by atoms with Crippen LogP contribution in [0.3, 0.4) is 0 Å². The number of nitro benzene ring substituents is 1. The molecule has 0 saturated carbocycles. The van der Waals surface area contributed by atoms with Crippen LogP contribution in [0, 0.1) is 15.0 Å². The first-order chi connectivity index (χ1) is 8.88. The van der Waals surface area contributed by atoms with Crippen LogP contribution < -0.4 is 5.56 Å². The highest BCUT2D eigenvalue weighted by molar-refractivity contribution is 6.44. The number of aromatic hydroxyl groups is 1. The maximum Gasteiger partial charge on any atom is 0.313 e. The predicted octanol–water partition coefficient (Wildman–Crippen LogP) is 2.85. The van der Waals surface area contributed by atoms with Gasteiger partial charge in [-0.15, -0.1) is 4.91 Å². The lowest BCUT2D eigenvalue weighted by Gasteiger charge is -2.06. The molecule has 19 heavy (non-hydrogen) atoms. The van der Waals surface area contributed by atoms with Gasteiger partial charge in [0.25, 0.3) is 5.56 Å². The lowest BCUT2D eigenvalue weighted by atomic mass is 10.1. The highest BCUT2D eigenvalue weighted by Gasteiger charge is 2.25. The molecular formula is C9H3Cl2N3O5. The van der Waals surface area contributed by atoms with E-state index in [0.29, 0.717) is 0 Å². The number of nitro groups is 1. The van der Waals surface area contributed by atoms with Crippen molar-refractivity contribution in [2.75, 3.05) is 0 Å². The van der Waals surface area contributed by atoms with E-state index >= 15 is 0 Å². The Labute approximate surface area is 113 Å². The predicted molar refractivity (Wildman–Crippen MR) is 68.4 cm³/mol. The van der Waals surface area contributed by atoms with Crippen LogP contribution in [0.1, 0.15) is 0 Å². The third-order valence-electron chi connectivity index (χ3n) is 2.40. The zero-order chi connectivity index (χ0) is 14.3. The largest absolute Gasteiger partial charge is 0.505 e. The van der Waals surface area contributed by atoms with Crippen LogP contribution in [0.2, 0.25) is 10.0 Å². The Morgan fingerprint density at radius 3 is 2.58 bits per heavy atom. The Morgan fingerprint density at radius 2 is 2.05 bits per heavy atom. The fourth-order valence-corrected chi connectivity index (χ4v) is 2.01. The summed E-state index contributed by atoms with van der Waals surface area (Å²) in [7, 11) is 0. The fraction of sp³-hybridized carbons (Fsp3) is 0. The van der Waals surface area contributed by atoms with Crippen LogP contribution in [0.25, 0.3) is 10.9 Å². The smallest absolute Gasteiger partial charge is 0.313 e. The number of hydrogen-bond donors (Lipinski definition) is 2. The fourth-order valence-electron chi connectivity index (χ4n) is 1.59. The lowest BCUT2D eigenvalue weighted by Crippen LogP contribution is -2.07. The molecule has 10 heteroatoms. The first kappa shape index (κ1) is 13.2. The van der Waals surface area contributed by atoms with Gasteiger partial charge in [0.05, 0.1) is 15.3 Å². The van der Waals surface area contributed by atoms with Gasteiger partial charge in [-0.1, -0.05) is 23.2 Å². The molecule has 0 atom stereocenters. The number of fused-ring (bicyclic) bond motifs is 1. The van der Waals surface area contributed by atoms with E-state index in [0.717, 1.165) is 6.07 Å². The average molecular weight is 304 g/mol. The molecule has 2 aromatic rings. The van der Waals surface area contributed by atoms with Crippen molar-refractivity contribution in [3.8, 4) is 5.75 Å². The Hall–Kier alpha value is -2.19. The van der Waals surface area contributed by atoms with Crippen LogP contribution in [-0.2, 0) is 0 Å². The summed E-state index contributed by atoms with van der Waals surface area (Å²) < 4.78 is 0.